The number of nitrogen functional groups attached to an aromatic ring is 1. The van der Waals surface area contributed by atoms with Crippen LogP contribution in [0.4, 0.5) is 5.69 Å². The molecule has 0 saturated carbocycles. The van der Waals surface area contributed by atoms with Crippen molar-refractivity contribution in [3.05, 3.63) is 41.5 Å². The normalized spacial score (nSPS) is 11.8. The first kappa shape index (κ1) is 14.5. The fourth-order valence-corrected chi connectivity index (χ4v) is 2.34. The number of hydrogen-bond acceptors (Lipinski definition) is 5. The number of anilines is 1. The monoisotopic (exact) mass is 275 g/mol. The van der Waals surface area contributed by atoms with E-state index in [1.807, 2.05) is 24.3 Å². The highest BCUT2D eigenvalue weighted by Crippen LogP contribution is 2.30. The lowest BCUT2D eigenvalue weighted by atomic mass is 9.96. The molecule has 0 saturated heterocycles. The summed E-state index contributed by atoms with van der Waals surface area (Å²) in [6, 6.07) is 7.67. The van der Waals surface area contributed by atoms with Gasteiger partial charge in [0.25, 0.3) is 0 Å². The molecule has 0 aliphatic rings. The van der Waals surface area contributed by atoms with Gasteiger partial charge in [-0.2, -0.15) is 4.98 Å². The molecule has 0 radical (unpaired) electrons. The fourth-order valence-electron chi connectivity index (χ4n) is 2.34. The molecule has 1 aromatic heterocycles. The third kappa shape index (κ3) is 2.82. The maximum Gasteiger partial charge on any atom is 0.231 e. The van der Waals surface area contributed by atoms with Crippen molar-refractivity contribution in [2.45, 2.75) is 38.7 Å². The van der Waals surface area contributed by atoms with E-state index in [0.717, 1.165) is 24.1 Å². The first-order chi connectivity index (χ1) is 9.63. The van der Waals surface area contributed by atoms with Crippen LogP contribution in [0.25, 0.3) is 0 Å². The van der Waals surface area contributed by atoms with Crippen molar-refractivity contribution >= 4 is 5.69 Å². The molecule has 1 aromatic carbocycles. The average molecular weight is 275 g/mol. The minimum Gasteiger partial charge on any atom is -0.399 e. The zero-order valence-electron chi connectivity index (χ0n) is 12.2. The summed E-state index contributed by atoms with van der Waals surface area (Å²) in [5.74, 6) is 1.19. The van der Waals surface area contributed by atoms with Crippen LogP contribution in [0.3, 0.4) is 0 Å². The number of methoxy groups -OCH3 is 1. The van der Waals surface area contributed by atoms with E-state index in [1.54, 1.807) is 7.11 Å². The molecule has 5 nitrogen and oxygen atoms in total. The van der Waals surface area contributed by atoms with Crippen LogP contribution >= 0.6 is 0 Å². The van der Waals surface area contributed by atoms with Crippen molar-refractivity contribution in [3.8, 4) is 0 Å². The largest absolute Gasteiger partial charge is 0.399 e. The molecular weight excluding hydrogens is 254 g/mol. The van der Waals surface area contributed by atoms with E-state index in [-0.39, 0.29) is 0 Å². The Hall–Kier alpha value is -1.88. The Morgan fingerprint density at radius 3 is 2.65 bits per heavy atom. The van der Waals surface area contributed by atoms with Crippen LogP contribution in [0.15, 0.2) is 28.8 Å². The van der Waals surface area contributed by atoms with E-state index < -0.39 is 5.60 Å². The molecule has 2 N–H and O–H groups in total. The molecule has 0 unspecified atom stereocenters. The molecule has 0 spiro atoms. The van der Waals surface area contributed by atoms with Crippen molar-refractivity contribution in [2.24, 2.45) is 0 Å². The summed E-state index contributed by atoms with van der Waals surface area (Å²) in [6.45, 7) is 4.11. The van der Waals surface area contributed by atoms with E-state index in [4.69, 9.17) is 15.0 Å². The van der Waals surface area contributed by atoms with Crippen LogP contribution in [-0.2, 0) is 16.8 Å². The van der Waals surface area contributed by atoms with Gasteiger partial charge < -0.3 is 15.0 Å². The number of nitrogens with two attached hydrogens (primary N) is 1. The minimum absolute atomic E-state index is 0.461. The predicted molar refractivity (Wildman–Crippen MR) is 77.2 cm³/mol. The van der Waals surface area contributed by atoms with Crippen molar-refractivity contribution < 1.29 is 9.26 Å². The second-order valence-electron chi connectivity index (χ2n) is 4.84. The third-order valence-electron chi connectivity index (χ3n) is 3.71. The molecule has 0 aliphatic carbocycles. The first-order valence-corrected chi connectivity index (χ1v) is 6.86. The molecular formula is C15H21N3O2. The van der Waals surface area contributed by atoms with E-state index in [9.17, 15) is 0 Å². The molecule has 0 amide bonds. The van der Waals surface area contributed by atoms with E-state index >= 15 is 0 Å². The lowest BCUT2D eigenvalue weighted by molar-refractivity contribution is -0.0306. The van der Waals surface area contributed by atoms with Gasteiger partial charge in [-0.05, 0) is 30.5 Å². The third-order valence-corrected chi connectivity index (χ3v) is 3.71. The summed E-state index contributed by atoms with van der Waals surface area (Å²) >= 11 is 0. The summed E-state index contributed by atoms with van der Waals surface area (Å²) in [7, 11) is 1.68. The minimum atomic E-state index is -0.461. The Bertz CT molecular complexity index is 553. The molecule has 0 atom stereocenters. The van der Waals surface area contributed by atoms with Gasteiger partial charge in [0.1, 0.15) is 5.60 Å². The maximum absolute atomic E-state index is 5.76. The molecule has 2 rings (SSSR count). The van der Waals surface area contributed by atoms with Gasteiger partial charge in [-0.3, -0.25) is 0 Å². The molecule has 20 heavy (non-hydrogen) atoms. The van der Waals surface area contributed by atoms with Gasteiger partial charge >= 0.3 is 0 Å². The zero-order chi connectivity index (χ0) is 14.6. The van der Waals surface area contributed by atoms with Crippen molar-refractivity contribution in [1.29, 1.82) is 0 Å². The van der Waals surface area contributed by atoms with Gasteiger partial charge in [0, 0.05) is 12.8 Å². The molecule has 2 aromatic rings. The van der Waals surface area contributed by atoms with Crippen LogP contribution in [0.5, 0.6) is 0 Å². The van der Waals surface area contributed by atoms with E-state index in [1.165, 1.54) is 0 Å². The van der Waals surface area contributed by atoms with Gasteiger partial charge in [0.2, 0.25) is 11.7 Å². The number of hydrogen-bond donors (Lipinski definition) is 1. The second kappa shape index (κ2) is 6.05. The van der Waals surface area contributed by atoms with E-state index in [0.29, 0.717) is 18.1 Å². The lowest BCUT2D eigenvalue weighted by Crippen LogP contribution is -2.28. The number of ether oxygens (including phenoxy) is 1. The molecule has 0 aliphatic heterocycles. The van der Waals surface area contributed by atoms with Crippen LogP contribution in [-0.4, -0.2) is 17.3 Å². The number of rotatable bonds is 6. The van der Waals surface area contributed by atoms with Gasteiger partial charge in [0.15, 0.2) is 0 Å². The Morgan fingerprint density at radius 2 is 2.05 bits per heavy atom. The Balaban J connectivity index is 2.20. The van der Waals surface area contributed by atoms with Crippen LogP contribution in [0.2, 0.25) is 0 Å². The Morgan fingerprint density at radius 1 is 1.30 bits per heavy atom. The van der Waals surface area contributed by atoms with Gasteiger partial charge in [-0.25, -0.2) is 0 Å². The number of aromatic nitrogens is 2. The van der Waals surface area contributed by atoms with Crippen molar-refractivity contribution in [2.75, 3.05) is 12.8 Å². The smallest absolute Gasteiger partial charge is 0.231 e. The van der Waals surface area contributed by atoms with Gasteiger partial charge in [0.05, 0.1) is 6.42 Å². The Labute approximate surface area is 119 Å². The fraction of sp³-hybridized carbons (Fsp3) is 0.467. The van der Waals surface area contributed by atoms with Crippen LogP contribution < -0.4 is 5.73 Å². The number of nitrogens with zero attached hydrogens (tertiary/aromatic N) is 2. The maximum atomic E-state index is 5.76. The second-order valence-corrected chi connectivity index (χ2v) is 4.84. The molecule has 0 bridgehead atoms. The lowest BCUT2D eigenvalue weighted by Gasteiger charge is -2.25. The highest BCUT2D eigenvalue weighted by molar-refractivity contribution is 5.41. The zero-order valence-corrected chi connectivity index (χ0v) is 12.2. The summed E-state index contributed by atoms with van der Waals surface area (Å²) in [6.07, 6.45) is 2.18. The highest BCUT2D eigenvalue weighted by Gasteiger charge is 2.33. The standard InChI is InChI=1S/C15H21N3O2/c1-4-15(5-2,19-3)14-17-13(20-18-14)10-11-7-6-8-12(16)9-11/h6-9H,4-5,10,16H2,1-3H3. The molecule has 1 heterocycles. The average Bonchev–Trinajstić information content (AvgIpc) is 2.90. The van der Waals surface area contributed by atoms with E-state index in [2.05, 4.69) is 24.0 Å². The Kier molecular flexibility index (Phi) is 4.39. The quantitative estimate of drug-likeness (QED) is 0.820. The van der Waals surface area contributed by atoms with Crippen LogP contribution in [0.1, 0.15) is 44.0 Å². The molecule has 0 fully saturated rings. The summed E-state index contributed by atoms with van der Waals surface area (Å²) in [4.78, 5) is 4.48. The number of benzene rings is 1. The van der Waals surface area contributed by atoms with Crippen molar-refractivity contribution in [3.63, 3.8) is 0 Å². The van der Waals surface area contributed by atoms with Crippen molar-refractivity contribution in [1.82, 2.24) is 10.1 Å². The summed E-state index contributed by atoms with van der Waals surface area (Å²) < 4.78 is 10.9. The molecule has 5 heteroatoms. The van der Waals surface area contributed by atoms with Crippen LogP contribution in [0, 0.1) is 0 Å². The van der Waals surface area contributed by atoms with Gasteiger partial charge in [-0.15, -0.1) is 0 Å². The first-order valence-electron chi connectivity index (χ1n) is 6.86. The predicted octanol–water partition coefficient (Wildman–Crippen LogP) is 2.90. The molecule has 108 valence electrons. The topological polar surface area (TPSA) is 74.2 Å². The summed E-state index contributed by atoms with van der Waals surface area (Å²) in [5.41, 5.74) is 7.09. The SMILES string of the molecule is CCC(CC)(OC)c1noc(Cc2cccc(N)c2)n1. The summed E-state index contributed by atoms with van der Waals surface area (Å²) in [5, 5.41) is 4.08. The highest BCUT2D eigenvalue weighted by atomic mass is 16.5. The van der Waals surface area contributed by atoms with Gasteiger partial charge in [-0.1, -0.05) is 31.1 Å².